The number of fused-ring (bicyclic) bond motifs is 1. The first-order valence-electron chi connectivity index (χ1n) is 6.44. The Morgan fingerprint density at radius 3 is 2.82 bits per heavy atom. The zero-order valence-electron chi connectivity index (χ0n) is 11.2. The molecule has 0 saturated heterocycles. The molecule has 0 radical (unpaired) electrons. The topological polar surface area (TPSA) is 77.0 Å². The largest absolute Gasteiger partial charge is 0.418 e. The van der Waals surface area contributed by atoms with E-state index in [1.54, 1.807) is 6.20 Å². The van der Waals surface area contributed by atoms with Gasteiger partial charge in [0.05, 0.1) is 0 Å². The first-order valence-corrected chi connectivity index (χ1v) is 6.84. The van der Waals surface area contributed by atoms with Crippen molar-refractivity contribution < 1.29 is 13.2 Å². The molecule has 0 unspecified atom stereocenters. The lowest BCUT2D eigenvalue weighted by Crippen LogP contribution is -2.15. The highest BCUT2D eigenvalue weighted by Gasteiger charge is 2.15. The van der Waals surface area contributed by atoms with Crippen LogP contribution in [0.2, 0.25) is 0 Å². The van der Waals surface area contributed by atoms with Crippen LogP contribution < -0.4 is 11.4 Å². The van der Waals surface area contributed by atoms with Gasteiger partial charge in [-0.2, -0.15) is 0 Å². The Morgan fingerprint density at radius 1 is 1.32 bits per heavy atom. The summed E-state index contributed by atoms with van der Waals surface area (Å²) >= 11 is 5.14. The Labute approximate surface area is 128 Å². The predicted molar refractivity (Wildman–Crippen MR) is 79.7 cm³/mol. The molecule has 3 N–H and O–H groups in total. The van der Waals surface area contributed by atoms with Crippen LogP contribution in [0.25, 0.3) is 16.7 Å². The second-order valence-electron chi connectivity index (χ2n) is 4.68. The van der Waals surface area contributed by atoms with E-state index in [4.69, 9.17) is 22.4 Å². The molecule has 0 spiro atoms. The standard InChI is InChI=1S/C14H11F2N3O2S/c15-8-3-7-4-11(13(20)21-12(7)10(16)5-8)19-9(1-2-17)6-18-14(19)22/h3-6H,1-2,17H2,(H,18,22). The lowest BCUT2D eigenvalue weighted by molar-refractivity contribution is 0.512. The number of benzene rings is 1. The van der Waals surface area contributed by atoms with Crippen LogP contribution in [0.15, 0.2) is 33.6 Å². The van der Waals surface area contributed by atoms with E-state index < -0.39 is 17.3 Å². The Morgan fingerprint density at radius 2 is 2.09 bits per heavy atom. The van der Waals surface area contributed by atoms with Gasteiger partial charge < -0.3 is 15.1 Å². The van der Waals surface area contributed by atoms with Crippen molar-refractivity contribution in [2.45, 2.75) is 6.42 Å². The molecule has 8 heteroatoms. The molecule has 0 amide bonds. The smallest absolute Gasteiger partial charge is 0.360 e. The maximum Gasteiger partial charge on any atom is 0.360 e. The van der Waals surface area contributed by atoms with E-state index in [0.717, 1.165) is 6.07 Å². The van der Waals surface area contributed by atoms with Crippen LogP contribution in [-0.2, 0) is 6.42 Å². The summed E-state index contributed by atoms with van der Waals surface area (Å²) in [6.07, 6.45) is 2.10. The van der Waals surface area contributed by atoms with Crippen molar-refractivity contribution in [1.29, 1.82) is 0 Å². The van der Waals surface area contributed by atoms with Crippen molar-refractivity contribution >= 4 is 23.2 Å². The van der Waals surface area contributed by atoms with Gasteiger partial charge >= 0.3 is 5.63 Å². The van der Waals surface area contributed by atoms with Crippen LogP contribution in [0.4, 0.5) is 8.78 Å². The molecule has 0 fully saturated rings. The molecule has 0 saturated carbocycles. The van der Waals surface area contributed by atoms with Gasteiger partial charge in [0.1, 0.15) is 11.5 Å². The third kappa shape index (κ3) is 2.36. The number of rotatable bonds is 3. The minimum atomic E-state index is -0.932. The van der Waals surface area contributed by atoms with Crippen LogP contribution >= 0.6 is 12.2 Å². The monoisotopic (exact) mass is 323 g/mol. The van der Waals surface area contributed by atoms with E-state index in [1.165, 1.54) is 10.6 Å². The number of aromatic amines is 1. The molecule has 22 heavy (non-hydrogen) atoms. The van der Waals surface area contributed by atoms with Crippen molar-refractivity contribution in [3.8, 4) is 5.69 Å². The molecular formula is C14H11F2N3O2S. The fraction of sp³-hybridized carbons (Fsp3) is 0.143. The minimum Gasteiger partial charge on any atom is -0.418 e. The molecule has 0 aliphatic carbocycles. The van der Waals surface area contributed by atoms with E-state index in [9.17, 15) is 13.6 Å². The highest BCUT2D eigenvalue weighted by molar-refractivity contribution is 7.71. The maximum absolute atomic E-state index is 13.7. The molecule has 3 aromatic rings. The first-order chi connectivity index (χ1) is 10.5. The summed E-state index contributed by atoms with van der Waals surface area (Å²) in [5.74, 6) is -1.69. The van der Waals surface area contributed by atoms with Gasteiger partial charge in [0.25, 0.3) is 0 Å². The number of H-pyrrole nitrogens is 1. The average molecular weight is 323 g/mol. The van der Waals surface area contributed by atoms with Gasteiger partial charge in [-0.1, -0.05) is 0 Å². The summed E-state index contributed by atoms with van der Waals surface area (Å²) in [4.78, 5) is 15.0. The minimum absolute atomic E-state index is 0.0761. The predicted octanol–water partition coefficient (Wildman–Crippen LogP) is 2.42. The van der Waals surface area contributed by atoms with Gasteiger partial charge in [-0.15, -0.1) is 0 Å². The van der Waals surface area contributed by atoms with Crippen LogP contribution in [0.1, 0.15) is 5.69 Å². The van der Waals surface area contributed by atoms with E-state index in [2.05, 4.69) is 4.98 Å². The Balaban J connectivity index is 2.33. The molecule has 0 atom stereocenters. The lowest BCUT2D eigenvalue weighted by atomic mass is 10.2. The zero-order valence-corrected chi connectivity index (χ0v) is 12.0. The Hall–Kier alpha value is -2.32. The molecule has 1 aromatic carbocycles. The van der Waals surface area contributed by atoms with Gasteiger partial charge in [0.2, 0.25) is 0 Å². The molecule has 2 heterocycles. The van der Waals surface area contributed by atoms with Gasteiger partial charge in [0.15, 0.2) is 16.2 Å². The number of imidazole rings is 1. The normalized spacial score (nSPS) is 11.2. The number of aromatic nitrogens is 2. The van der Waals surface area contributed by atoms with E-state index in [-0.39, 0.29) is 21.4 Å². The van der Waals surface area contributed by atoms with Crippen LogP contribution in [0.3, 0.4) is 0 Å². The average Bonchev–Trinajstić information content (AvgIpc) is 2.81. The second kappa shape index (κ2) is 5.47. The number of nitrogens with one attached hydrogen (secondary N) is 1. The van der Waals surface area contributed by atoms with E-state index >= 15 is 0 Å². The lowest BCUT2D eigenvalue weighted by Gasteiger charge is -2.07. The number of hydrogen-bond donors (Lipinski definition) is 2. The summed E-state index contributed by atoms with van der Waals surface area (Å²) in [5, 5.41) is 0.133. The van der Waals surface area contributed by atoms with Crippen molar-refractivity contribution in [1.82, 2.24) is 9.55 Å². The van der Waals surface area contributed by atoms with Crippen molar-refractivity contribution in [3.63, 3.8) is 0 Å². The molecule has 0 aliphatic rings. The highest BCUT2D eigenvalue weighted by Crippen LogP contribution is 2.21. The quantitative estimate of drug-likeness (QED) is 0.573. The molecule has 2 aromatic heterocycles. The van der Waals surface area contributed by atoms with Crippen molar-refractivity contribution in [2.75, 3.05) is 6.54 Å². The van der Waals surface area contributed by atoms with Gasteiger partial charge in [0, 0.05) is 29.8 Å². The van der Waals surface area contributed by atoms with Crippen molar-refractivity contribution in [2.24, 2.45) is 5.73 Å². The fourth-order valence-corrected chi connectivity index (χ4v) is 2.58. The maximum atomic E-state index is 13.7. The van der Waals surface area contributed by atoms with E-state index in [0.29, 0.717) is 24.7 Å². The van der Waals surface area contributed by atoms with Crippen LogP contribution in [0, 0.1) is 16.4 Å². The first kappa shape index (κ1) is 14.6. The van der Waals surface area contributed by atoms with Crippen LogP contribution in [0.5, 0.6) is 0 Å². The second-order valence-corrected chi connectivity index (χ2v) is 5.07. The molecule has 3 rings (SSSR count). The van der Waals surface area contributed by atoms with Gasteiger partial charge in [-0.05, 0) is 30.9 Å². The van der Waals surface area contributed by atoms with Gasteiger partial charge in [-0.25, -0.2) is 13.6 Å². The summed E-state index contributed by atoms with van der Waals surface area (Å²) in [7, 11) is 0. The van der Waals surface area contributed by atoms with Gasteiger partial charge in [-0.3, -0.25) is 4.57 Å². The Bertz CT molecular complexity index is 974. The summed E-state index contributed by atoms with van der Waals surface area (Å²) in [6, 6.07) is 3.09. The summed E-state index contributed by atoms with van der Waals surface area (Å²) in [5.41, 5.74) is 5.21. The molecule has 5 nitrogen and oxygen atoms in total. The highest BCUT2D eigenvalue weighted by atomic mass is 32.1. The number of nitrogens with zero attached hydrogens (tertiary/aromatic N) is 1. The third-order valence-corrected chi connectivity index (χ3v) is 3.53. The number of nitrogens with two attached hydrogens (primary N) is 1. The third-order valence-electron chi connectivity index (χ3n) is 3.23. The summed E-state index contributed by atoms with van der Waals surface area (Å²) in [6.45, 7) is 0.356. The molecule has 114 valence electrons. The van der Waals surface area contributed by atoms with Crippen LogP contribution in [-0.4, -0.2) is 16.1 Å². The SMILES string of the molecule is NCCc1c[nH]c(=S)n1-c1cc2cc(F)cc(F)c2oc1=O. The molecule has 0 aliphatic heterocycles. The zero-order chi connectivity index (χ0) is 15.9. The fourth-order valence-electron chi connectivity index (χ4n) is 2.30. The molecular weight excluding hydrogens is 312 g/mol. The number of hydrogen-bond acceptors (Lipinski definition) is 4. The molecule has 0 bridgehead atoms. The van der Waals surface area contributed by atoms with Crippen molar-refractivity contribution in [3.05, 3.63) is 56.9 Å². The van der Waals surface area contributed by atoms with E-state index in [1.807, 2.05) is 0 Å². The Kier molecular flexibility index (Phi) is 3.63. The number of halogens is 2. The summed E-state index contributed by atoms with van der Waals surface area (Å²) < 4.78 is 33.7.